The summed E-state index contributed by atoms with van der Waals surface area (Å²) in [4.78, 5) is 18.4. The molecule has 1 saturated heterocycles. The van der Waals surface area contributed by atoms with Gasteiger partial charge in [0, 0.05) is 45.0 Å². The lowest BCUT2D eigenvalue weighted by Gasteiger charge is -2.22. The average molecular weight is 356 g/mol. The maximum Gasteiger partial charge on any atom is 0.246 e. The first-order valence-corrected chi connectivity index (χ1v) is 8.76. The van der Waals surface area contributed by atoms with Crippen molar-refractivity contribution in [3.63, 3.8) is 0 Å². The molecule has 0 aromatic carbocycles. The zero-order valence-electron chi connectivity index (χ0n) is 15.1. The van der Waals surface area contributed by atoms with Crippen LogP contribution in [-0.4, -0.2) is 56.0 Å². The van der Waals surface area contributed by atoms with Crippen molar-refractivity contribution < 1.29 is 14.6 Å². The number of rotatable bonds is 4. The summed E-state index contributed by atoms with van der Waals surface area (Å²) in [7, 11) is 1.83. The van der Waals surface area contributed by atoms with Gasteiger partial charge in [-0.05, 0) is 37.6 Å². The van der Waals surface area contributed by atoms with Crippen LogP contribution in [0.4, 0.5) is 0 Å². The van der Waals surface area contributed by atoms with Crippen LogP contribution in [0.15, 0.2) is 36.7 Å². The second-order valence-electron chi connectivity index (χ2n) is 6.43. The van der Waals surface area contributed by atoms with E-state index in [1.807, 2.05) is 32.2 Å². The molecule has 26 heavy (non-hydrogen) atoms. The van der Waals surface area contributed by atoms with E-state index in [-0.39, 0.29) is 12.0 Å². The molecule has 0 saturated carbocycles. The van der Waals surface area contributed by atoms with Gasteiger partial charge in [-0.25, -0.2) is 0 Å². The summed E-state index contributed by atoms with van der Waals surface area (Å²) in [6.07, 6.45) is 6.79. The quantitative estimate of drug-likeness (QED) is 0.841. The van der Waals surface area contributed by atoms with Crippen LogP contribution in [0.25, 0.3) is 6.08 Å². The molecule has 2 atom stereocenters. The fourth-order valence-corrected chi connectivity index (χ4v) is 2.99. The predicted molar refractivity (Wildman–Crippen MR) is 97.5 cm³/mol. The minimum atomic E-state index is -0.617. The van der Waals surface area contributed by atoms with Gasteiger partial charge in [0.1, 0.15) is 11.9 Å². The van der Waals surface area contributed by atoms with Gasteiger partial charge in [-0.1, -0.05) is 0 Å². The van der Waals surface area contributed by atoms with E-state index in [0.29, 0.717) is 31.7 Å². The van der Waals surface area contributed by atoms with Crippen molar-refractivity contribution in [1.29, 1.82) is 0 Å². The molecule has 138 valence electrons. The molecule has 1 aliphatic heterocycles. The number of nitrogens with zero attached hydrogens (tertiary/aromatic N) is 4. The molecule has 0 radical (unpaired) electrons. The normalized spacial score (nSPS) is 21.0. The van der Waals surface area contributed by atoms with Crippen molar-refractivity contribution in [1.82, 2.24) is 19.7 Å². The number of hydrogen-bond acceptors (Lipinski definition) is 5. The third-order valence-electron chi connectivity index (χ3n) is 4.61. The number of amides is 1. The molecule has 3 rings (SSSR count). The number of carbonyl (C=O) groups excluding carboxylic acids is 1. The summed E-state index contributed by atoms with van der Waals surface area (Å²) in [6, 6.07) is 5.50. The molecule has 7 nitrogen and oxygen atoms in total. The van der Waals surface area contributed by atoms with E-state index in [0.717, 1.165) is 11.4 Å². The average Bonchev–Trinajstić information content (AvgIpc) is 2.95. The topological polar surface area (TPSA) is 80.5 Å². The number of pyridine rings is 1. The van der Waals surface area contributed by atoms with Crippen LogP contribution in [0.1, 0.15) is 24.2 Å². The second-order valence-corrected chi connectivity index (χ2v) is 6.43. The number of aryl methyl sites for hydroxylation is 2. The molecular formula is C19H24N4O3. The standard InChI is InChI=1S/C19H24N4O3/c1-14-17(4-3-10-20-14)26-18-9-13-23(12-8-16(18)24)19(25)6-5-15-7-11-21-22(15)2/h3-7,10-11,16,18,24H,8-9,12-13H2,1-2H3/b6-5+/t16-,18-/m0/s1. The monoisotopic (exact) mass is 356 g/mol. The molecule has 1 aliphatic rings. The van der Waals surface area contributed by atoms with Crippen LogP contribution < -0.4 is 4.74 Å². The van der Waals surface area contributed by atoms with Gasteiger partial charge in [-0.2, -0.15) is 5.10 Å². The van der Waals surface area contributed by atoms with Crippen molar-refractivity contribution in [2.75, 3.05) is 13.1 Å². The van der Waals surface area contributed by atoms with E-state index < -0.39 is 6.10 Å². The summed E-state index contributed by atoms with van der Waals surface area (Å²) in [5, 5.41) is 14.5. The Morgan fingerprint density at radius 3 is 2.85 bits per heavy atom. The number of likely N-dealkylation sites (tertiary alicyclic amines) is 1. The molecular weight excluding hydrogens is 332 g/mol. The summed E-state index contributed by atoms with van der Waals surface area (Å²) < 4.78 is 7.67. The molecule has 0 spiro atoms. The van der Waals surface area contributed by atoms with Crippen LogP contribution in [0.2, 0.25) is 0 Å². The Hall–Kier alpha value is -2.67. The molecule has 0 bridgehead atoms. The van der Waals surface area contributed by atoms with E-state index in [9.17, 15) is 9.90 Å². The first kappa shape index (κ1) is 18.1. The molecule has 1 fully saturated rings. The molecule has 2 aromatic heterocycles. The summed E-state index contributed by atoms with van der Waals surface area (Å²) in [5.74, 6) is 0.601. The second kappa shape index (κ2) is 8.14. The predicted octanol–water partition coefficient (Wildman–Crippen LogP) is 1.57. The molecule has 1 N–H and O–H groups in total. The highest BCUT2D eigenvalue weighted by molar-refractivity contribution is 5.91. The highest BCUT2D eigenvalue weighted by atomic mass is 16.5. The summed E-state index contributed by atoms with van der Waals surface area (Å²) >= 11 is 0. The lowest BCUT2D eigenvalue weighted by Crippen LogP contribution is -2.32. The van der Waals surface area contributed by atoms with Gasteiger partial charge in [0.25, 0.3) is 0 Å². The maximum absolute atomic E-state index is 12.5. The van der Waals surface area contributed by atoms with Gasteiger partial charge < -0.3 is 14.7 Å². The first-order chi connectivity index (χ1) is 12.5. The van der Waals surface area contributed by atoms with Crippen LogP contribution in [0.5, 0.6) is 5.75 Å². The minimum absolute atomic E-state index is 0.0726. The molecule has 3 heterocycles. The highest BCUT2D eigenvalue weighted by Crippen LogP contribution is 2.21. The Bertz CT molecular complexity index is 787. The van der Waals surface area contributed by atoms with Crippen molar-refractivity contribution in [3.8, 4) is 5.75 Å². The van der Waals surface area contributed by atoms with Crippen LogP contribution in [0, 0.1) is 6.92 Å². The molecule has 2 aromatic rings. The lowest BCUT2D eigenvalue weighted by atomic mass is 10.1. The van der Waals surface area contributed by atoms with E-state index in [1.165, 1.54) is 0 Å². The van der Waals surface area contributed by atoms with Gasteiger partial charge in [-0.15, -0.1) is 0 Å². The van der Waals surface area contributed by atoms with Crippen molar-refractivity contribution >= 4 is 12.0 Å². The van der Waals surface area contributed by atoms with Gasteiger partial charge >= 0.3 is 0 Å². The first-order valence-electron chi connectivity index (χ1n) is 8.76. The number of aliphatic hydroxyl groups excluding tert-OH is 1. The Labute approximate surface area is 152 Å². The number of aromatic nitrogens is 3. The number of ether oxygens (including phenoxy) is 1. The maximum atomic E-state index is 12.5. The van der Waals surface area contributed by atoms with E-state index in [4.69, 9.17) is 4.74 Å². The smallest absolute Gasteiger partial charge is 0.246 e. The molecule has 7 heteroatoms. The Morgan fingerprint density at radius 1 is 1.31 bits per heavy atom. The minimum Gasteiger partial charge on any atom is -0.486 e. The third kappa shape index (κ3) is 4.29. The Morgan fingerprint density at radius 2 is 2.12 bits per heavy atom. The van der Waals surface area contributed by atoms with Gasteiger partial charge in [0.05, 0.1) is 17.5 Å². The SMILES string of the molecule is Cc1ncccc1O[C@H]1CCN(C(=O)/C=C/c2ccnn2C)CC[C@@H]1O. The van der Waals surface area contributed by atoms with Crippen molar-refractivity contribution in [2.24, 2.45) is 7.05 Å². The van der Waals surface area contributed by atoms with E-state index in [1.54, 1.807) is 34.1 Å². The third-order valence-corrected chi connectivity index (χ3v) is 4.61. The Balaban J connectivity index is 1.61. The fourth-order valence-electron chi connectivity index (χ4n) is 2.99. The number of carbonyl (C=O) groups is 1. The zero-order valence-corrected chi connectivity index (χ0v) is 15.1. The largest absolute Gasteiger partial charge is 0.486 e. The van der Waals surface area contributed by atoms with Crippen LogP contribution >= 0.6 is 0 Å². The van der Waals surface area contributed by atoms with Crippen LogP contribution in [0.3, 0.4) is 0 Å². The summed E-state index contributed by atoms with van der Waals surface area (Å²) in [5.41, 5.74) is 1.65. The van der Waals surface area contributed by atoms with Crippen LogP contribution in [-0.2, 0) is 11.8 Å². The van der Waals surface area contributed by atoms with Crippen molar-refractivity contribution in [3.05, 3.63) is 48.1 Å². The van der Waals surface area contributed by atoms with Gasteiger partial charge in [-0.3, -0.25) is 14.5 Å². The Kier molecular flexibility index (Phi) is 5.68. The fraction of sp³-hybridized carbons (Fsp3) is 0.421. The molecule has 0 aliphatic carbocycles. The van der Waals surface area contributed by atoms with Gasteiger partial charge in [0.2, 0.25) is 5.91 Å². The van der Waals surface area contributed by atoms with Crippen molar-refractivity contribution in [2.45, 2.75) is 32.0 Å². The van der Waals surface area contributed by atoms with E-state index >= 15 is 0 Å². The van der Waals surface area contributed by atoms with Gasteiger partial charge in [0.15, 0.2) is 0 Å². The number of hydrogen-bond donors (Lipinski definition) is 1. The van der Waals surface area contributed by atoms with E-state index in [2.05, 4.69) is 10.1 Å². The number of aliphatic hydroxyl groups is 1. The zero-order chi connectivity index (χ0) is 18.5. The lowest BCUT2D eigenvalue weighted by molar-refractivity contribution is -0.126. The highest BCUT2D eigenvalue weighted by Gasteiger charge is 2.28. The molecule has 0 unspecified atom stereocenters. The molecule has 1 amide bonds. The summed E-state index contributed by atoms with van der Waals surface area (Å²) in [6.45, 7) is 2.91.